The minimum atomic E-state index is -1.02. The van der Waals surface area contributed by atoms with Gasteiger partial charge >= 0.3 is 5.97 Å². The lowest BCUT2D eigenvalue weighted by atomic mass is 10.1. The van der Waals surface area contributed by atoms with Crippen molar-refractivity contribution in [3.05, 3.63) is 35.7 Å². The Morgan fingerprint density at radius 3 is 2.90 bits per heavy atom. The molecule has 21 heavy (non-hydrogen) atoms. The summed E-state index contributed by atoms with van der Waals surface area (Å²) in [6, 6.07) is 3.43. The molecule has 2 heterocycles. The van der Waals surface area contributed by atoms with Crippen LogP contribution in [0.15, 0.2) is 24.4 Å². The molecule has 1 fully saturated rings. The Morgan fingerprint density at radius 1 is 1.48 bits per heavy atom. The molecule has 6 nitrogen and oxygen atoms in total. The van der Waals surface area contributed by atoms with Gasteiger partial charge in [0.05, 0.1) is 0 Å². The molecule has 1 aliphatic heterocycles. The summed E-state index contributed by atoms with van der Waals surface area (Å²) in [6.45, 7) is 1.92. The quantitative estimate of drug-likeness (QED) is 0.808. The van der Waals surface area contributed by atoms with Crippen LogP contribution in [-0.2, 0) is 4.79 Å². The predicted octanol–water partition coefficient (Wildman–Crippen LogP) is 1.00. The van der Waals surface area contributed by atoms with Crippen LogP contribution in [0.4, 0.5) is 0 Å². The number of nitrogens with one attached hydrogen (secondary N) is 1. The number of piperidine rings is 1. The molecule has 6 heteroatoms. The van der Waals surface area contributed by atoms with Gasteiger partial charge in [-0.2, -0.15) is 0 Å². The number of pyridine rings is 1. The van der Waals surface area contributed by atoms with Crippen molar-refractivity contribution in [1.29, 1.82) is 0 Å². The van der Waals surface area contributed by atoms with E-state index >= 15 is 0 Å². The van der Waals surface area contributed by atoms with Crippen molar-refractivity contribution in [2.75, 3.05) is 20.1 Å². The van der Waals surface area contributed by atoms with Crippen molar-refractivity contribution in [2.24, 2.45) is 0 Å². The van der Waals surface area contributed by atoms with E-state index in [0.717, 1.165) is 32.0 Å². The van der Waals surface area contributed by atoms with Crippen LogP contribution >= 0.6 is 0 Å². The van der Waals surface area contributed by atoms with Gasteiger partial charge in [0.15, 0.2) is 0 Å². The molecule has 0 aliphatic carbocycles. The summed E-state index contributed by atoms with van der Waals surface area (Å²) in [5.41, 5.74) is 0.988. The minimum Gasteiger partial charge on any atom is -0.478 e. The van der Waals surface area contributed by atoms with Crippen LogP contribution in [0.1, 0.15) is 28.9 Å². The summed E-state index contributed by atoms with van der Waals surface area (Å²) in [6.07, 6.45) is 6.02. The lowest BCUT2D eigenvalue weighted by Gasteiger charge is -2.30. The third kappa shape index (κ3) is 4.68. The maximum atomic E-state index is 12.1. The predicted molar refractivity (Wildman–Crippen MR) is 78.9 cm³/mol. The number of likely N-dealkylation sites (N-methyl/N-ethyl adjacent to an activating group) is 1. The Hall–Kier alpha value is -2.21. The molecule has 1 aromatic heterocycles. The summed E-state index contributed by atoms with van der Waals surface area (Å²) in [4.78, 5) is 28.8. The number of hydrogen-bond acceptors (Lipinski definition) is 4. The molecule has 1 atom stereocenters. The molecule has 1 unspecified atom stereocenters. The highest BCUT2D eigenvalue weighted by Crippen LogP contribution is 2.09. The molecule has 1 amide bonds. The number of rotatable bonds is 4. The van der Waals surface area contributed by atoms with Crippen LogP contribution in [-0.4, -0.2) is 53.0 Å². The fourth-order valence-electron chi connectivity index (χ4n) is 2.35. The number of hydrogen-bond donors (Lipinski definition) is 2. The molecule has 2 rings (SSSR count). The van der Waals surface area contributed by atoms with Gasteiger partial charge in [0.25, 0.3) is 5.91 Å². The van der Waals surface area contributed by atoms with Gasteiger partial charge in [0, 0.05) is 24.9 Å². The zero-order valence-corrected chi connectivity index (χ0v) is 12.0. The van der Waals surface area contributed by atoms with E-state index in [1.807, 2.05) is 7.05 Å². The highest BCUT2D eigenvalue weighted by molar-refractivity contribution is 5.92. The topological polar surface area (TPSA) is 82.5 Å². The maximum absolute atomic E-state index is 12.1. The molecule has 0 aromatic carbocycles. The highest BCUT2D eigenvalue weighted by atomic mass is 16.4. The molecule has 0 spiro atoms. The number of carbonyl (C=O) groups excluding carboxylic acids is 1. The summed E-state index contributed by atoms with van der Waals surface area (Å²) < 4.78 is 0. The van der Waals surface area contributed by atoms with Crippen molar-refractivity contribution in [2.45, 2.75) is 18.9 Å². The lowest BCUT2D eigenvalue weighted by Crippen LogP contribution is -2.46. The summed E-state index contributed by atoms with van der Waals surface area (Å²) in [5, 5.41) is 11.5. The highest BCUT2D eigenvalue weighted by Gasteiger charge is 2.19. The number of carbonyl (C=O) groups is 2. The molecule has 1 aromatic rings. The van der Waals surface area contributed by atoms with E-state index in [-0.39, 0.29) is 11.9 Å². The monoisotopic (exact) mass is 289 g/mol. The average Bonchev–Trinajstić information content (AvgIpc) is 2.45. The summed E-state index contributed by atoms with van der Waals surface area (Å²) >= 11 is 0. The molecular weight excluding hydrogens is 270 g/mol. The molecule has 0 bridgehead atoms. The van der Waals surface area contributed by atoms with Crippen LogP contribution < -0.4 is 5.32 Å². The fourth-order valence-corrected chi connectivity index (χ4v) is 2.35. The Morgan fingerprint density at radius 2 is 2.29 bits per heavy atom. The third-order valence-electron chi connectivity index (χ3n) is 3.40. The van der Waals surface area contributed by atoms with E-state index in [9.17, 15) is 9.59 Å². The van der Waals surface area contributed by atoms with Crippen molar-refractivity contribution < 1.29 is 14.7 Å². The number of carboxylic acid groups (broad SMARTS) is 1. The number of likely N-dealkylation sites (tertiary alicyclic amines) is 1. The van der Waals surface area contributed by atoms with Gasteiger partial charge in [-0.05, 0) is 44.1 Å². The van der Waals surface area contributed by atoms with Crippen molar-refractivity contribution in [3.63, 3.8) is 0 Å². The number of nitrogens with zero attached hydrogens (tertiary/aromatic N) is 2. The standard InChI is InChI=1S/C15H19N3O3/c1-18-8-2-3-12(10-18)17-15(21)13-6-4-11(9-16-13)5-7-14(19)20/h4-7,9,12H,2-3,8,10H2,1H3,(H,17,21)(H,19,20). The van der Waals surface area contributed by atoms with E-state index < -0.39 is 5.97 Å². The van der Waals surface area contributed by atoms with Crippen LogP contribution in [0.25, 0.3) is 6.08 Å². The van der Waals surface area contributed by atoms with Crippen molar-refractivity contribution in [1.82, 2.24) is 15.2 Å². The zero-order chi connectivity index (χ0) is 15.2. The average molecular weight is 289 g/mol. The second-order valence-corrected chi connectivity index (χ2v) is 5.22. The lowest BCUT2D eigenvalue weighted by molar-refractivity contribution is -0.131. The SMILES string of the molecule is CN1CCCC(NC(=O)c2ccc(C=CC(=O)O)cn2)C1. The first-order valence-corrected chi connectivity index (χ1v) is 6.91. The number of carboxylic acids is 1. The van der Waals surface area contributed by atoms with Crippen LogP contribution in [0.2, 0.25) is 0 Å². The smallest absolute Gasteiger partial charge is 0.328 e. The maximum Gasteiger partial charge on any atom is 0.328 e. The number of aliphatic carboxylic acids is 1. The summed E-state index contributed by atoms with van der Waals surface area (Å²) in [5.74, 6) is -1.21. The van der Waals surface area contributed by atoms with Gasteiger partial charge in [0.1, 0.15) is 5.69 Å². The zero-order valence-electron chi connectivity index (χ0n) is 12.0. The first kappa shape index (κ1) is 15.2. The van der Waals surface area contributed by atoms with E-state index in [1.165, 1.54) is 12.3 Å². The van der Waals surface area contributed by atoms with Crippen LogP contribution in [0, 0.1) is 0 Å². The molecular formula is C15H19N3O3. The first-order chi connectivity index (χ1) is 10.0. The largest absolute Gasteiger partial charge is 0.478 e. The van der Waals surface area contributed by atoms with Gasteiger partial charge in [-0.1, -0.05) is 6.07 Å². The Bertz CT molecular complexity index is 540. The van der Waals surface area contributed by atoms with Crippen LogP contribution in [0.5, 0.6) is 0 Å². The fraction of sp³-hybridized carbons (Fsp3) is 0.400. The van der Waals surface area contributed by atoms with E-state index in [0.29, 0.717) is 11.3 Å². The first-order valence-electron chi connectivity index (χ1n) is 6.91. The second-order valence-electron chi connectivity index (χ2n) is 5.22. The Balaban J connectivity index is 1.95. The van der Waals surface area contributed by atoms with Gasteiger partial charge in [-0.25, -0.2) is 4.79 Å². The molecule has 0 saturated carbocycles. The molecule has 0 radical (unpaired) electrons. The summed E-state index contributed by atoms with van der Waals surface area (Å²) in [7, 11) is 2.04. The van der Waals surface area contributed by atoms with Crippen molar-refractivity contribution in [3.8, 4) is 0 Å². The molecule has 1 saturated heterocycles. The van der Waals surface area contributed by atoms with E-state index in [4.69, 9.17) is 5.11 Å². The van der Waals surface area contributed by atoms with Gasteiger partial charge in [-0.3, -0.25) is 9.78 Å². The van der Waals surface area contributed by atoms with Crippen molar-refractivity contribution >= 4 is 18.0 Å². The number of amides is 1. The Labute approximate surface area is 123 Å². The van der Waals surface area contributed by atoms with Gasteiger partial charge in [-0.15, -0.1) is 0 Å². The number of aromatic nitrogens is 1. The van der Waals surface area contributed by atoms with Gasteiger partial charge in [0.2, 0.25) is 0 Å². The molecule has 2 N–H and O–H groups in total. The molecule has 1 aliphatic rings. The Kier molecular flexibility index (Phi) is 5.05. The molecule has 112 valence electrons. The van der Waals surface area contributed by atoms with Crippen LogP contribution in [0.3, 0.4) is 0 Å². The van der Waals surface area contributed by atoms with E-state index in [2.05, 4.69) is 15.2 Å². The normalized spacial score (nSPS) is 19.6. The third-order valence-corrected chi connectivity index (χ3v) is 3.40. The van der Waals surface area contributed by atoms with Gasteiger partial charge < -0.3 is 15.3 Å². The van der Waals surface area contributed by atoms with E-state index in [1.54, 1.807) is 12.1 Å². The minimum absolute atomic E-state index is 0.157. The second kappa shape index (κ2) is 6.99.